The summed E-state index contributed by atoms with van der Waals surface area (Å²) in [6.07, 6.45) is 0.996. The molecule has 0 spiro atoms. The van der Waals surface area contributed by atoms with E-state index in [1.165, 1.54) is 12.1 Å². The molecule has 1 rings (SSSR count). The minimum atomic E-state index is -0.190. The van der Waals surface area contributed by atoms with Crippen molar-refractivity contribution in [1.82, 2.24) is 0 Å². The Hall–Kier alpha value is -0.970. The van der Waals surface area contributed by atoms with E-state index in [4.69, 9.17) is 27.9 Å². The fourth-order valence-corrected chi connectivity index (χ4v) is 1.80. The number of nitrogens with one attached hydrogen (secondary N) is 1. The number of carbonyl (C=O) groups is 1. The van der Waals surface area contributed by atoms with Crippen LogP contribution in [0.25, 0.3) is 0 Å². The van der Waals surface area contributed by atoms with Gasteiger partial charge in [0.05, 0.1) is 16.1 Å². The molecule has 1 amide bonds. The molecule has 1 aromatic carbocycles. The Morgan fingerprint density at radius 1 is 1.44 bits per heavy atom. The molecule has 0 aromatic heterocycles. The lowest BCUT2D eigenvalue weighted by molar-refractivity contribution is -0.116. The second kappa shape index (κ2) is 6.83. The minimum absolute atomic E-state index is 0.0303. The van der Waals surface area contributed by atoms with Gasteiger partial charge in [0.2, 0.25) is 5.91 Å². The van der Waals surface area contributed by atoms with Gasteiger partial charge in [-0.25, -0.2) is 0 Å². The lowest BCUT2D eigenvalue weighted by atomic mass is 10.2. The first-order chi connectivity index (χ1) is 8.43. The molecule has 1 atom stereocenters. The fraction of sp³-hybridized carbons (Fsp3) is 0.417. The second-order valence-electron chi connectivity index (χ2n) is 3.92. The average molecular weight is 292 g/mol. The maximum absolute atomic E-state index is 11.6. The number of phenols is 1. The maximum atomic E-state index is 11.6. The first-order valence-electron chi connectivity index (χ1n) is 5.44. The van der Waals surface area contributed by atoms with Gasteiger partial charge in [0.25, 0.3) is 0 Å². The Bertz CT molecular complexity index is 414. The molecule has 4 nitrogen and oxygen atoms in total. The van der Waals surface area contributed by atoms with E-state index in [2.05, 4.69) is 5.32 Å². The van der Waals surface area contributed by atoms with Gasteiger partial charge >= 0.3 is 0 Å². The van der Waals surface area contributed by atoms with Gasteiger partial charge in [-0.1, -0.05) is 23.2 Å². The van der Waals surface area contributed by atoms with Crippen molar-refractivity contribution >= 4 is 34.8 Å². The van der Waals surface area contributed by atoms with E-state index in [-0.39, 0.29) is 27.8 Å². The average Bonchev–Trinajstić information content (AvgIpc) is 2.32. The topological polar surface area (TPSA) is 58.6 Å². The van der Waals surface area contributed by atoms with Crippen LogP contribution in [0.15, 0.2) is 12.1 Å². The number of halogens is 2. The summed E-state index contributed by atoms with van der Waals surface area (Å²) < 4.78 is 5.05. The van der Waals surface area contributed by atoms with Crippen molar-refractivity contribution in [2.75, 3.05) is 12.4 Å². The fourth-order valence-electron chi connectivity index (χ4n) is 1.31. The molecule has 0 saturated heterocycles. The molecular weight excluding hydrogens is 277 g/mol. The maximum Gasteiger partial charge on any atom is 0.224 e. The molecule has 6 heteroatoms. The zero-order valence-corrected chi connectivity index (χ0v) is 11.7. The van der Waals surface area contributed by atoms with Crippen LogP contribution in [0, 0.1) is 0 Å². The number of carbonyl (C=O) groups excluding carboxylic acids is 1. The smallest absolute Gasteiger partial charge is 0.224 e. The van der Waals surface area contributed by atoms with Crippen molar-refractivity contribution in [3.05, 3.63) is 22.2 Å². The van der Waals surface area contributed by atoms with Crippen LogP contribution in [0.3, 0.4) is 0 Å². The van der Waals surface area contributed by atoms with Crippen LogP contribution in [-0.2, 0) is 9.53 Å². The van der Waals surface area contributed by atoms with Gasteiger partial charge in [-0.15, -0.1) is 0 Å². The molecule has 0 heterocycles. The molecule has 18 heavy (non-hydrogen) atoms. The van der Waals surface area contributed by atoms with Crippen molar-refractivity contribution in [2.45, 2.75) is 25.9 Å². The third-order valence-corrected chi connectivity index (χ3v) is 3.06. The molecule has 1 aromatic rings. The van der Waals surface area contributed by atoms with E-state index in [1.807, 2.05) is 6.92 Å². The second-order valence-corrected chi connectivity index (χ2v) is 4.74. The molecule has 0 bridgehead atoms. The Morgan fingerprint density at radius 3 is 2.50 bits per heavy atom. The lowest BCUT2D eigenvalue weighted by Gasteiger charge is -2.10. The van der Waals surface area contributed by atoms with Crippen LogP contribution in [0.5, 0.6) is 5.75 Å². The molecule has 0 saturated carbocycles. The van der Waals surface area contributed by atoms with Crippen LogP contribution >= 0.6 is 23.2 Å². The number of rotatable bonds is 5. The van der Waals surface area contributed by atoms with Crippen molar-refractivity contribution in [1.29, 1.82) is 0 Å². The molecule has 0 fully saturated rings. The van der Waals surface area contributed by atoms with Crippen LogP contribution in [0.2, 0.25) is 10.0 Å². The van der Waals surface area contributed by atoms with E-state index in [1.54, 1.807) is 7.11 Å². The number of benzene rings is 1. The predicted molar refractivity (Wildman–Crippen MR) is 72.5 cm³/mol. The third kappa shape index (κ3) is 4.37. The molecule has 100 valence electrons. The van der Waals surface area contributed by atoms with Crippen molar-refractivity contribution in [3.8, 4) is 5.75 Å². The highest BCUT2D eigenvalue weighted by Crippen LogP contribution is 2.34. The summed E-state index contributed by atoms with van der Waals surface area (Å²) in [5.74, 6) is -0.346. The SMILES string of the molecule is COC(C)CCC(=O)Nc1cc(Cl)c(O)c(Cl)c1. The number of methoxy groups -OCH3 is 1. The normalized spacial score (nSPS) is 12.2. The number of hydrogen-bond donors (Lipinski definition) is 2. The van der Waals surface area contributed by atoms with Crippen molar-refractivity contribution in [2.24, 2.45) is 0 Å². The molecule has 0 aliphatic carbocycles. The Morgan fingerprint density at radius 2 is 2.00 bits per heavy atom. The summed E-state index contributed by atoms with van der Waals surface area (Å²) in [6.45, 7) is 1.89. The quantitative estimate of drug-likeness (QED) is 0.817. The predicted octanol–water partition coefficient (Wildman–Crippen LogP) is 3.45. The van der Waals surface area contributed by atoms with E-state index >= 15 is 0 Å². The zero-order chi connectivity index (χ0) is 13.7. The van der Waals surface area contributed by atoms with Gasteiger partial charge in [-0.3, -0.25) is 4.79 Å². The highest BCUT2D eigenvalue weighted by atomic mass is 35.5. The van der Waals surface area contributed by atoms with E-state index < -0.39 is 0 Å². The minimum Gasteiger partial charge on any atom is -0.505 e. The van der Waals surface area contributed by atoms with Crippen molar-refractivity contribution in [3.63, 3.8) is 0 Å². The standard InChI is InChI=1S/C12H15Cl2NO3/c1-7(18-2)3-4-11(16)15-8-5-9(13)12(17)10(14)6-8/h5-7,17H,3-4H2,1-2H3,(H,15,16). The largest absolute Gasteiger partial charge is 0.505 e. The summed E-state index contributed by atoms with van der Waals surface area (Å²) in [5.41, 5.74) is 0.456. The number of anilines is 1. The van der Waals surface area contributed by atoms with Crippen LogP contribution in [0.1, 0.15) is 19.8 Å². The van der Waals surface area contributed by atoms with Gasteiger partial charge in [0, 0.05) is 19.2 Å². The highest BCUT2D eigenvalue weighted by Gasteiger charge is 2.10. The highest BCUT2D eigenvalue weighted by molar-refractivity contribution is 6.37. The summed E-state index contributed by atoms with van der Waals surface area (Å²) in [7, 11) is 1.60. The third-order valence-electron chi connectivity index (χ3n) is 2.48. The van der Waals surface area contributed by atoms with E-state index in [0.717, 1.165) is 0 Å². The summed E-state index contributed by atoms with van der Waals surface area (Å²) in [4.78, 5) is 11.6. The van der Waals surface area contributed by atoms with Crippen LogP contribution in [-0.4, -0.2) is 24.2 Å². The first kappa shape index (κ1) is 15.1. The number of ether oxygens (including phenoxy) is 1. The van der Waals surface area contributed by atoms with E-state index in [9.17, 15) is 9.90 Å². The summed E-state index contributed by atoms with van der Waals surface area (Å²) in [5, 5.41) is 12.2. The van der Waals surface area contributed by atoms with Gasteiger partial charge in [0.15, 0.2) is 5.75 Å². The first-order valence-corrected chi connectivity index (χ1v) is 6.20. The number of hydrogen-bond acceptors (Lipinski definition) is 3. The number of phenolic OH excluding ortho intramolecular Hbond substituents is 1. The molecule has 2 N–H and O–H groups in total. The Labute approximate surface area is 116 Å². The Balaban J connectivity index is 2.60. The van der Waals surface area contributed by atoms with Crippen molar-refractivity contribution < 1.29 is 14.6 Å². The molecule has 0 aliphatic heterocycles. The summed E-state index contributed by atoms with van der Waals surface area (Å²) in [6, 6.07) is 2.89. The van der Waals surface area contributed by atoms with E-state index in [0.29, 0.717) is 18.5 Å². The monoisotopic (exact) mass is 291 g/mol. The molecule has 0 aliphatic rings. The van der Waals surface area contributed by atoms with Gasteiger partial charge in [-0.05, 0) is 25.5 Å². The number of aromatic hydroxyl groups is 1. The molecular formula is C12H15Cl2NO3. The lowest BCUT2D eigenvalue weighted by Crippen LogP contribution is -2.15. The van der Waals surface area contributed by atoms with Crippen LogP contribution < -0.4 is 5.32 Å². The number of amides is 1. The van der Waals surface area contributed by atoms with Gasteiger partial charge in [-0.2, -0.15) is 0 Å². The van der Waals surface area contributed by atoms with Crippen LogP contribution in [0.4, 0.5) is 5.69 Å². The molecule has 1 unspecified atom stereocenters. The van der Waals surface area contributed by atoms with Gasteiger partial charge in [0.1, 0.15) is 0 Å². The van der Waals surface area contributed by atoms with Gasteiger partial charge < -0.3 is 15.2 Å². The summed E-state index contributed by atoms with van der Waals surface area (Å²) >= 11 is 11.5. The Kier molecular flexibility index (Phi) is 5.72. The molecule has 0 radical (unpaired) electrons. The zero-order valence-electron chi connectivity index (χ0n) is 10.2.